The van der Waals surface area contributed by atoms with E-state index >= 15 is 0 Å². The molecule has 2 fully saturated rings. The van der Waals surface area contributed by atoms with E-state index in [1.807, 2.05) is 0 Å². The third-order valence-corrected chi connectivity index (χ3v) is 5.32. The molecule has 1 amide bonds. The number of carbonyl (C=O) groups excluding carboxylic acids is 1. The number of piperidine rings is 1. The molecule has 1 aliphatic heterocycles. The molecule has 2 aliphatic rings. The molecule has 1 heterocycles. The van der Waals surface area contributed by atoms with Crippen molar-refractivity contribution in [2.24, 2.45) is 5.92 Å². The normalized spacial score (nSPS) is 24.5. The number of hydrogen-bond acceptors (Lipinski definition) is 3. The highest BCUT2D eigenvalue weighted by Gasteiger charge is 2.33. The number of nitriles is 1. The number of benzene rings is 1. The Balaban J connectivity index is 1.65. The van der Waals surface area contributed by atoms with Crippen molar-refractivity contribution >= 4 is 23.2 Å². The Morgan fingerprint density at radius 3 is 2.91 bits per heavy atom. The van der Waals surface area contributed by atoms with Crippen molar-refractivity contribution in [3.63, 3.8) is 0 Å². The number of fused-ring (bicyclic) bond motifs is 1. The number of halogens is 1. The lowest BCUT2D eigenvalue weighted by molar-refractivity contribution is -0.118. The summed E-state index contributed by atoms with van der Waals surface area (Å²) < 4.78 is 0. The van der Waals surface area contributed by atoms with E-state index < -0.39 is 0 Å². The molecular weight excluding hydrogens is 310 g/mol. The summed E-state index contributed by atoms with van der Waals surface area (Å²) in [5.74, 6) is 0.695. The molecule has 4 nitrogen and oxygen atoms in total. The molecule has 0 aromatic heterocycles. The Labute approximate surface area is 142 Å². The summed E-state index contributed by atoms with van der Waals surface area (Å²) in [5, 5.41) is 12.5. The first-order valence-electron chi connectivity index (χ1n) is 8.41. The van der Waals surface area contributed by atoms with Gasteiger partial charge in [-0.2, -0.15) is 5.26 Å². The van der Waals surface area contributed by atoms with Gasteiger partial charge in [-0.15, -0.1) is 0 Å². The number of likely N-dealkylation sites (tertiary alicyclic amines) is 1. The minimum absolute atomic E-state index is 0.0602. The molecule has 0 radical (unpaired) electrons. The number of anilines is 1. The van der Waals surface area contributed by atoms with Gasteiger partial charge in [0.15, 0.2) is 0 Å². The van der Waals surface area contributed by atoms with Crippen molar-refractivity contribution in [1.29, 1.82) is 5.26 Å². The van der Waals surface area contributed by atoms with Gasteiger partial charge < -0.3 is 5.32 Å². The van der Waals surface area contributed by atoms with Gasteiger partial charge in [0.05, 0.1) is 17.8 Å². The summed E-state index contributed by atoms with van der Waals surface area (Å²) in [6, 6.07) is 7.58. The summed E-state index contributed by atoms with van der Waals surface area (Å²) in [5.41, 5.74) is 0.944. The van der Waals surface area contributed by atoms with Crippen LogP contribution in [0, 0.1) is 17.2 Å². The fourth-order valence-corrected chi connectivity index (χ4v) is 4.19. The van der Waals surface area contributed by atoms with Crippen LogP contribution in [0.25, 0.3) is 0 Å². The van der Waals surface area contributed by atoms with Crippen molar-refractivity contribution in [1.82, 2.24) is 4.90 Å². The Morgan fingerprint density at radius 1 is 1.30 bits per heavy atom. The van der Waals surface area contributed by atoms with Crippen LogP contribution in [0.1, 0.15) is 44.1 Å². The average molecular weight is 332 g/mol. The second kappa shape index (κ2) is 7.33. The number of rotatable bonds is 3. The molecule has 23 heavy (non-hydrogen) atoms. The average Bonchev–Trinajstić information content (AvgIpc) is 2.55. The molecule has 122 valence electrons. The third-order valence-electron chi connectivity index (χ3n) is 5.08. The van der Waals surface area contributed by atoms with Gasteiger partial charge in [-0.1, -0.05) is 24.4 Å². The predicted molar refractivity (Wildman–Crippen MR) is 91.3 cm³/mol. The maximum Gasteiger partial charge on any atom is 0.238 e. The predicted octanol–water partition coefficient (Wildman–Crippen LogP) is 3.80. The molecule has 2 atom stereocenters. The molecule has 1 N–H and O–H groups in total. The molecule has 1 aliphatic carbocycles. The molecule has 0 bridgehead atoms. The first-order valence-corrected chi connectivity index (χ1v) is 8.78. The van der Waals surface area contributed by atoms with Gasteiger partial charge >= 0.3 is 0 Å². The van der Waals surface area contributed by atoms with Crippen LogP contribution in [0.5, 0.6) is 0 Å². The molecule has 0 unspecified atom stereocenters. The van der Waals surface area contributed by atoms with E-state index in [-0.39, 0.29) is 5.91 Å². The maximum atomic E-state index is 12.4. The lowest BCUT2D eigenvalue weighted by Gasteiger charge is -2.43. The van der Waals surface area contributed by atoms with E-state index in [2.05, 4.69) is 16.3 Å². The summed E-state index contributed by atoms with van der Waals surface area (Å²) in [6.07, 6.45) is 7.58. The van der Waals surface area contributed by atoms with Crippen molar-refractivity contribution < 1.29 is 4.79 Å². The summed E-state index contributed by atoms with van der Waals surface area (Å²) >= 11 is 5.97. The number of nitrogens with zero attached hydrogens (tertiary/aromatic N) is 2. The van der Waals surface area contributed by atoms with Crippen LogP contribution in [0.2, 0.25) is 5.02 Å². The molecule has 1 saturated carbocycles. The summed E-state index contributed by atoms with van der Waals surface area (Å²) in [6.45, 7) is 1.40. The van der Waals surface area contributed by atoms with Crippen molar-refractivity contribution in [2.75, 3.05) is 18.4 Å². The fourth-order valence-electron chi connectivity index (χ4n) is 4.02. The van der Waals surface area contributed by atoms with Crippen LogP contribution in [0.3, 0.4) is 0 Å². The highest BCUT2D eigenvalue weighted by atomic mass is 35.5. The molecule has 0 spiro atoms. The number of hydrogen-bond donors (Lipinski definition) is 1. The molecule has 1 aromatic carbocycles. The Kier molecular flexibility index (Phi) is 5.20. The van der Waals surface area contributed by atoms with Crippen molar-refractivity contribution in [3.8, 4) is 6.07 Å². The second-order valence-electron chi connectivity index (χ2n) is 6.57. The van der Waals surface area contributed by atoms with E-state index in [0.717, 1.165) is 12.5 Å². The fraction of sp³-hybridized carbons (Fsp3) is 0.556. The zero-order valence-corrected chi connectivity index (χ0v) is 14.0. The first-order chi connectivity index (χ1) is 11.2. The molecule has 1 saturated heterocycles. The van der Waals surface area contributed by atoms with Crippen LogP contribution in [0.15, 0.2) is 18.2 Å². The van der Waals surface area contributed by atoms with Crippen molar-refractivity contribution in [3.05, 3.63) is 28.8 Å². The van der Waals surface area contributed by atoms with Gasteiger partial charge in [-0.05, 0) is 56.3 Å². The quantitative estimate of drug-likeness (QED) is 0.916. The third kappa shape index (κ3) is 3.85. The minimum Gasteiger partial charge on any atom is -0.324 e. The lowest BCUT2D eigenvalue weighted by Crippen LogP contribution is -2.49. The van der Waals surface area contributed by atoms with Crippen LogP contribution >= 0.6 is 11.6 Å². The SMILES string of the molecule is N#Cc1ccc(Cl)cc1NC(=O)CN1CCC[C@@H]2CCCC[C@@H]21. The number of nitrogens with one attached hydrogen (secondary N) is 1. The monoisotopic (exact) mass is 331 g/mol. The maximum absolute atomic E-state index is 12.4. The van der Waals surface area contributed by atoms with E-state index in [0.29, 0.717) is 28.9 Å². The zero-order valence-electron chi connectivity index (χ0n) is 13.2. The Hall–Kier alpha value is -1.57. The first kappa shape index (κ1) is 16.3. The molecule has 5 heteroatoms. The second-order valence-corrected chi connectivity index (χ2v) is 7.01. The van der Waals surface area contributed by atoms with Gasteiger partial charge in [0.25, 0.3) is 0 Å². The smallest absolute Gasteiger partial charge is 0.238 e. The van der Waals surface area contributed by atoms with Gasteiger partial charge in [-0.25, -0.2) is 0 Å². The van der Waals surface area contributed by atoms with E-state index in [4.69, 9.17) is 16.9 Å². The highest BCUT2D eigenvalue weighted by molar-refractivity contribution is 6.31. The molecular formula is C18H22ClN3O. The minimum atomic E-state index is -0.0602. The van der Waals surface area contributed by atoms with Gasteiger partial charge in [0.1, 0.15) is 6.07 Å². The van der Waals surface area contributed by atoms with E-state index in [1.165, 1.54) is 38.5 Å². The summed E-state index contributed by atoms with van der Waals surface area (Å²) in [7, 11) is 0. The van der Waals surface area contributed by atoms with Gasteiger partial charge in [0.2, 0.25) is 5.91 Å². The standard InChI is InChI=1S/C18H22ClN3O/c19-15-8-7-14(11-20)16(10-15)21-18(23)12-22-9-3-5-13-4-1-2-6-17(13)22/h7-8,10,13,17H,1-6,9,12H2,(H,21,23)/t13-,17-/m0/s1. The topological polar surface area (TPSA) is 56.1 Å². The molecule has 3 rings (SSSR count). The van der Waals surface area contributed by atoms with Gasteiger partial charge in [-0.3, -0.25) is 9.69 Å². The Bertz CT molecular complexity index is 623. The van der Waals surface area contributed by atoms with Crippen LogP contribution in [-0.2, 0) is 4.79 Å². The number of amides is 1. The molecule has 1 aromatic rings. The van der Waals surface area contributed by atoms with Crippen molar-refractivity contribution in [2.45, 2.75) is 44.6 Å². The van der Waals surface area contributed by atoms with Crippen LogP contribution in [-0.4, -0.2) is 29.9 Å². The zero-order chi connectivity index (χ0) is 16.2. The lowest BCUT2D eigenvalue weighted by atomic mass is 9.78. The summed E-state index contributed by atoms with van der Waals surface area (Å²) in [4.78, 5) is 14.8. The van der Waals surface area contributed by atoms with Crippen LogP contribution in [0.4, 0.5) is 5.69 Å². The number of carbonyl (C=O) groups is 1. The largest absolute Gasteiger partial charge is 0.324 e. The highest BCUT2D eigenvalue weighted by Crippen LogP contribution is 2.35. The van der Waals surface area contributed by atoms with Gasteiger partial charge in [0, 0.05) is 11.1 Å². The van der Waals surface area contributed by atoms with E-state index in [1.54, 1.807) is 18.2 Å². The van der Waals surface area contributed by atoms with E-state index in [9.17, 15) is 4.79 Å². The Morgan fingerprint density at radius 2 is 2.09 bits per heavy atom. The van der Waals surface area contributed by atoms with Crippen LogP contribution < -0.4 is 5.32 Å².